The van der Waals surface area contributed by atoms with Gasteiger partial charge in [0.25, 0.3) is 5.91 Å². The highest BCUT2D eigenvalue weighted by Gasteiger charge is 2.31. The molecule has 1 N–H and O–H groups in total. The van der Waals surface area contributed by atoms with Crippen LogP contribution in [-0.4, -0.2) is 37.5 Å². The quantitative estimate of drug-likeness (QED) is 0.562. The SMILES string of the molecule is O=C(c1cc(-c2cn[nH]c2)nc2ccccc12)N1CCCC[C@@H]1c1nccs1. The summed E-state index contributed by atoms with van der Waals surface area (Å²) in [5.74, 6) is 0.0447. The number of nitrogens with zero attached hydrogens (tertiary/aromatic N) is 4. The fourth-order valence-electron chi connectivity index (χ4n) is 3.88. The predicted octanol–water partition coefficient (Wildman–Crippen LogP) is 4.45. The van der Waals surface area contributed by atoms with Gasteiger partial charge in [0.1, 0.15) is 5.01 Å². The van der Waals surface area contributed by atoms with Crippen LogP contribution in [0.1, 0.15) is 40.7 Å². The lowest BCUT2D eigenvalue weighted by Crippen LogP contribution is -2.38. The monoisotopic (exact) mass is 389 g/mol. The van der Waals surface area contributed by atoms with E-state index in [1.54, 1.807) is 23.7 Å². The summed E-state index contributed by atoms with van der Waals surface area (Å²) in [5.41, 5.74) is 3.12. The second kappa shape index (κ2) is 7.16. The first-order valence-corrected chi connectivity index (χ1v) is 10.3. The van der Waals surface area contributed by atoms with Crippen molar-refractivity contribution in [2.45, 2.75) is 25.3 Å². The van der Waals surface area contributed by atoms with Crippen LogP contribution in [0.4, 0.5) is 0 Å². The minimum atomic E-state index is 0.0447. The molecular weight excluding hydrogens is 370 g/mol. The van der Waals surface area contributed by atoms with Crippen molar-refractivity contribution in [3.63, 3.8) is 0 Å². The Morgan fingerprint density at radius 2 is 2.18 bits per heavy atom. The number of rotatable bonds is 3. The summed E-state index contributed by atoms with van der Waals surface area (Å²) in [4.78, 5) is 24.9. The largest absolute Gasteiger partial charge is 0.329 e. The van der Waals surface area contributed by atoms with E-state index in [1.165, 1.54) is 0 Å². The summed E-state index contributed by atoms with van der Waals surface area (Å²) in [5, 5.41) is 10.7. The highest BCUT2D eigenvalue weighted by molar-refractivity contribution is 7.09. The molecule has 0 bridgehead atoms. The number of benzene rings is 1. The van der Waals surface area contributed by atoms with Crippen LogP contribution in [-0.2, 0) is 0 Å². The third kappa shape index (κ3) is 2.97. The molecule has 1 aliphatic heterocycles. The van der Waals surface area contributed by atoms with Crippen molar-refractivity contribution in [1.29, 1.82) is 0 Å². The second-order valence-corrected chi connectivity index (χ2v) is 7.87. The van der Waals surface area contributed by atoms with E-state index in [0.717, 1.165) is 53.0 Å². The molecule has 0 aliphatic carbocycles. The van der Waals surface area contributed by atoms with Crippen LogP contribution in [0, 0.1) is 0 Å². The number of thiazole rings is 1. The van der Waals surface area contributed by atoms with Crippen LogP contribution < -0.4 is 0 Å². The Balaban J connectivity index is 1.62. The summed E-state index contributed by atoms with van der Waals surface area (Å²) >= 11 is 1.62. The Bertz CT molecular complexity index is 1110. The van der Waals surface area contributed by atoms with Gasteiger partial charge in [0, 0.05) is 35.3 Å². The number of pyridine rings is 1. The summed E-state index contributed by atoms with van der Waals surface area (Å²) < 4.78 is 0. The number of amides is 1. The molecule has 28 heavy (non-hydrogen) atoms. The molecule has 6 nitrogen and oxygen atoms in total. The standard InChI is InChI=1S/C21H19N5OS/c27-21(26-9-4-3-7-19(26)20-22-8-10-28-20)16-11-18(14-12-23-24-13-14)25-17-6-2-1-5-15(16)17/h1-2,5-6,8,10-13,19H,3-4,7,9H2,(H,23,24)/t19-/m1/s1. The van der Waals surface area contributed by atoms with Gasteiger partial charge in [-0.2, -0.15) is 5.10 Å². The van der Waals surface area contributed by atoms with Crippen LogP contribution in [0.15, 0.2) is 54.3 Å². The van der Waals surface area contributed by atoms with E-state index >= 15 is 0 Å². The van der Waals surface area contributed by atoms with Crippen molar-refractivity contribution in [1.82, 2.24) is 25.1 Å². The second-order valence-electron chi connectivity index (χ2n) is 6.94. The molecule has 1 saturated heterocycles. The van der Waals surface area contributed by atoms with Crippen LogP contribution >= 0.6 is 11.3 Å². The van der Waals surface area contributed by atoms with E-state index in [0.29, 0.717) is 5.56 Å². The van der Waals surface area contributed by atoms with Crippen molar-refractivity contribution >= 4 is 28.1 Å². The number of carbonyl (C=O) groups excluding carboxylic acids is 1. The molecule has 140 valence electrons. The number of para-hydroxylation sites is 1. The molecule has 1 aliphatic rings. The molecule has 4 aromatic rings. The normalized spacial score (nSPS) is 17.1. The van der Waals surface area contributed by atoms with Gasteiger partial charge in [-0.25, -0.2) is 9.97 Å². The van der Waals surface area contributed by atoms with Gasteiger partial charge < -0.3 is 4.90 Å². The molecule has 0 spiro atoms. The number of nitrogens with one attached hydrogen (secondary N) is 1. The lowest BCUT2D eigenvalue weighted by molar-refractivity contribution is 0.0613. The molecule has 1 atom stereocenters. The zero-order chi connectivity index (χ0) is 18.9. The van der Waals surface area contributed by atoms with Crippen LogP contribution in [0.2, 0.25) is 0 Å². The number of H-pyrrole nitrogens is 1. The van der Waals surface area contributed by atoms with Crippen molar-refractivity contribution in [3.8, 4) is 11.3 Å². The predicted molar refractivity (Wildman–Crippen MR) is 109 cm³/mol. The van der Waals surface area contributed by atoms with E-state index in [-0.39, 0.29) is 11.9 Å². The number of carbonyl (C=O) groups is 1. The Morgan fingerprint density at radius 3 is 3.00 bits per heavy atom. The van der Waals surface area contributed by atoms with Gasteiger partial charge in [-0.1, -0.05) is 18.2 Å². The lowest BCUT2D eigenvalue weighted by atomic mass is 9.99. The zero-order valence-corrected chi connectivity index (χ0v) is 16.0. The average Bonchev–Trinajstić information content (AvgIpc) is 3.47. The summed E-state index contributed by atoms with van der Waals surface area (Å²) in [6.07, 6.45) is 8.43. The van der Waals surface area contributed by atoms with Gasteiger partial charge in [0.2, 0.25) is 0 Å². The molecule has 4 heterocycles. The number of piperidine rings is 1. The van der Waals surface area contributed by atoms with Crippen molar-refractivity contribution in [2.24, 2.45) is 0 Å². The summed E-state index contributed by atoms with van der Waals surface area (Å²) in [6, 6.07) is 9.75. The highest BCUT2D eigenvalue weighted by atomic mass is 32.1. The number of hydrogen-bond acceptors (Lipinski definition) is 5. The molecule has 5 rings (SSSR count). The zero-order valence-electron chi connectivity index (χ0n) is 15.2. The lowest BCUT2D eigenvalue weighted by Gasteiger charge is -2.35. The first-order chi connectivity index (χ1) is 13.8. The molecule has 1 aromatic carbocycles. The summed E-state index contributed by atoms with van der Waals surface area (Å²) in [6.45, 7) is 0.751. The van der Waals surface area contributed by atoms with E-state index in [1.807, 2.05) is 46.8 Å². The van der Waals surface area contributed by atoms with Crippen LogP contribution in [0.3, 0.4) is 0 Å². The van der Waals surface area contributed by atoms with Gasteiger partial charge in [0.05, 0.1) is 29.0 Å². The fraction of sp³-hybridized carbons (Fsp3) is 0.238. The molecule has 0 unspecified atom stereocenters. The van der Waals surface area contributed by atoms with Crippen LogP contribution in [0.25, 0.3) is 22.2 Å². The summed E-state index contributed by atoms with van der Waals surface area (Å²) in [7, 11) is 0. The maximum absolute atomic E-state index is 13.7. The molecule has 1 amide bonds. The number of likely N-dealkylation sites (tertiary alicyclic amines) is 1. The fourth-order valence-corrected chi connectivity index (χ4v) is 4.66. The molecular formula is C21H19N5OS. The maximum Gasteiger partial charge on any atom is 0.255 e. The smallest absolute Gasteiger partial charge is 0.255 e. The Kier molecular flexibility index (Phi) is 4.37. The molecule has 1 fully saturated rings. The van der Waals surface area contributed by atoms with E-state index in [2.05, 4.69) is 15.2 Å². The molecule has 7 heteroatoms. The highest BCUT2D eigenvalue weighted by Crippen LogP contribution is 2.34. The van der Waals surface area contributed by atoms with Crippen molar-refractivity contribution < 1.29 is 4.79 Å². The van der Waals surface area contributed by atoms with Gasteiger partial charge in [0.15, 0.2) is 0 Å². The van der Waals surface area contributed by atoms with Gasteiger partial charge in [-0.3, -0.25) is 9.89 Å². The molecule has 3 aromatic heterocycles. The number of hydrogen-bond donors (Lipinski definition) is 1. The molecule has 0 saturated carbocycles. The van der Waals surface area contributed by atoms with E-state index in [4.69, 9.17) is 4.98 Å². The minimum absolute atomic E-state index is 0.0447. The van der Waals surface area contributed by atoms with Gasteiger partial charge >= 0.3 is 0 Å². The Labute approximate surface area is 166 Å². The topological polar surface area (TPSA) is 74.8 Å². The number of fused-ring (bicyclic) bond motifs is 1. The first kappa shape index (κ1) is 17.1. The van der Waals surface area contributed by atoms with Crippen LogP contribution in [0.5, 0.6) is 0 Å². The van der Waals surface area contributed by atoms with Gasteiger partial charge in [-0.05, 0) is 31.4 Å². The number of aromatic amines is 1. The van der Waals surface area contributed by atoms with Crippen molar-refractivity contribution in [3.05, 3.63) is 64.9 Å². The maximum atomic E-state index is 13.7. The minimum Gasteiger partial charge on any atom is -0.329 e. The third-order valence-electron chi connectivity index (χ3n) is 5.24. The molecule has 0 radical (unpaired) electrons. The number of aromatic nitrogens is 4. The third-order valence-corrected chi connectivity index (χ3v) is 6.12. The van der Waals surface area contributed by atoms with Crippen molar-refractivity contribution in [2.75, 3.05) is 6.54 Å². The Morgan fingerprint density at radius 1 is 1.25 bits per heavy atom. The van der Waals surface area contributed by atoms with E-state index in [9.17, 15) is 4.79 Å². The first-order valence-electron chi connectivity index (χ1n) is 9.40. The van der Waals surface area contributed by atoms with E-state index < -0.39 is 0 Å². The Hall–Kier alpha value is -3.06. The average molecular weight is 389 g/mol. The van der Waals surface area contributed by atoms with Gasteiger partial charge in [-0.15, -0.1) is 11.3 Å².